The third-order valence-electron chi connectivity index (χ3n) is 5.18. The van der Waals surface area contributed by atoms with Crippen molar-refractivity contribution in [3.05, 3.63) is 42.0 Å². The highest BCUT2D eigenvalue weighted by Crippen LogP contribution is 2.45. The van der Waals surface area contributed by atoms with Gasteiger partial charge in [0.1, 0.15) is 0 Å². The van der Waals surface area contributed by atoms with Crippen LogP contribution in [0.5, 0.6) is 0 Å². The number of anilines is 1. The molecule has 122 valence electrons. The molecule has 0 heterocycles. The number of carboxylic acids is 1. The standard InChI is InChI=1S/C19H23NO3/c1-11(2)12-7-9-15(10-8-12)20-18(21)16-13-3-5-14(6-4-13)17(16)19(22)23/h3,5,7-11,13-14,16-17H,4,6H2,1-2H3,(H,20,21)(H,22,23)/t13-,14-,16-,17+/m1/s1. The van der Waals surface area contributed by atoms with E-state index in [1.807, 2.05) is 36.4 Å². The summed E-state index contributed by atoms with van der Waals surface area (Å²) in [6.07, 6.45) is 5.77. The van der Waals surface area contributed by atoms with Crippen molar-refractivity contribution in [2.45, 2.75) is 32.6 Å². The van der Waals surface area contributed by atoms with Crippen molar-refractivity contribution in [3.63, 3.8) is 0 Å². The molecule has 4 heteroatoms. The number of rotatable bonds is 4. The maximum Gasteiger partial charge on any atom is 0.307 e. The largest absolute Gasteiger partial charge is 0.481 e. The highest BCUT2D eigenvalue weighted by atomic mass is 16.4. The Hall–Kier alpha value is -2.10. The van der Waals surface area contributed by atoms with Crippen molar-refractivity contribution in [2.75, 3.05) is 5.32 Å². The summed E-state index contributed by atoms with van der Waals surface area (Å²) in [6, 6.07) is 7.78. The Kier molecular flexibility index (Phi) is 4.24. The lowest BCUT2D eigenvalue weighted by atomic mass is 9.62. The molecule has 4 atom stereocenters. The lowest BCUT2D eigenvalue weighted by Crippen LogP contribution is -2.47. The normalized spacial score (nSPS) is 28.8. The summed E-state index contributed by atoms with van der Waals surface area (Å²) in [5.74, 6) is -1.65. The Balaban J connectivity index is 1.76. The van der Waals surface area contributed by atoms with Gasteiger partial charge in [0.2, 0.25) is 5.91 Å². The average Bonchev–Trinajstić information content (AvgIpc) is 2.55. The SMILES string of the molecule is CC(C)c1ccc(NC(=O)[C@H]2[C@@H](C(=O)O)[C@@H]3C=C[C@@H]2CC3)cc1. The van der Waals surface area contributed by atoms with Gasteiger partial charge in [0.15, 0.2) is 0 Å². The Bertz CT molecular complexity index is 633. The predicted molar refractivity (Wildman–Crippen MR) is 89.1 cm³/mol. The van der Waals surface area contributed by atoms with Gasteiger partial charge in [-0.1, -0.05) is 38.1 Å². The van der Waals surface area contributed by atoms with E-state index >= 15 is 0 Å². The molecule has 2 N–H and O–H groups in total. The van der Waals surface area contributed by atoms with E-state index in [0.717, 1.165) is 18.5 Å². The van der Waals surface area contributed by atoms with Gasteiger partial charge in [-0.15, -0.1) is 0 Å². The van der Waals surface area contributed by atoms with E-state index < -0.39 is 17.8 Å². The first-order chi connectivity index (χ1) is 11.0. The second-order valence-electron chi connectivity index (χ2n) is 6.95. The van der Waals surface area contributed by atoms with Gasteiger partial charge in [0, 0.05) is 5.69 Å². The summed E-state index contributed by atoms with van der Waals surface area (Å²) in [4.78, 5) is 24.3. The van der Waals surface area contributed by atoms with Crippen LogP contribution in [0.3, 0.4) is 0 Å². The molecule has 0 radical (unpaired) electrons. The summed E-state index contributed by atoms with van der Waals surface area (Å²) in [5.41, 5.74) is 1.94. The molecule has 0 spiro atoms. The molecule has 1 aromatic carbocycles. The van der Waals surface area contributed by atoms with Crippen LogP contribution in [0.4, 0.5) is 5.69 Å². The number of aliphatic carboxylic acids is 1. The van der Waals surface area contributed by atoms with Gasteiger partial charge in [-0.3, -0.25) is 9.59 Å². The van der Waals surface area contributed by atoms with Crippen LogP contribution in [0, 0.1) is 23.7 Å². The topological polar surface area (TPSA) is 66.4 Å². The molecule has 2 bridgehead atoms. The number of benzene rings is 1. The average molecular weight is 313 g/mol. The summed E-state index contributed by atoms with van der Waals surface area (Å²) in [6.45, 7) is 4.24. The zero-order chi connectivity index (χ0) is 16.6. The number of hydrogen-bond donors (Lipinski definition) is 2. The highest BCUT2D eigenvalue weighted by Gasteiger charge is 2.48. The predicted octanol–water partition coefficient (Wildman–Crippen LogP) is 3.66. The summed E-state index contributed by atoms with van der Waals surface area (Å²) < 4.78 is 0. The van der Waals surface area contributed by atoms with Crippen molar-refractivity contribution >= 4 is 17.6 Å². The van der Waals surface area contributed by atoms with Gasteiger partial charge in [-0.25, -0.2) is 0 Å². The van der Waals surface area contributed by atoms with Crippen LogP contribution >= 0.6 is 0 Å². The smallest absolute Gasteiger partial charge is 0.307 e. The first-order valence-corrected chi connectivity index (χ1v) is 8.29. The fourth-order valence-electron chi connectivity index (χ4n) is 3.87. The van der Waals surface area contributed by atoms with E-state index in [-0.39, 0.29) is 17.7 Å². The number of amides is 1. The number of carboxylic acid groups (broad SMARTS) is 1. The molecular formula is C19H23NO3. The molecule has 0 aromatic heterocycles. The Morgan fingerprint density at radius 1 is 1.04 bits per heavy atom. The molecule has 0 saturated heterocycles. The lowest BCUT2D eigenvalue weighted by Gasteiger charge is -2.41. The Morgan fingerprint density at radius 3 is 2.09 bits per heavy atom. The first-order valence-electron chi connectivity index (χ1n) is 8.29. The summed E-state index contributed by atoms with van der Waals surface area (Å²) >= 11 is 0. The summed E-state index contributed by atoms with van der Waals surface area (Å²) in [7, 11) is 0. The number of hydrogen-bond acceptors (Lipinski definition) is 2. The van der Waals surface area contributed by atoms with Gasteiger partial charge in [0.25, 0.3) is 0 Å². The lowest BCUT2D eigenvalue weighted by molar-refractivity contribution is -0.151. The highest BCUT2D eigenvalue weighted by molar-refractivity contribution is 5.96. The van der Waals surface area contributed by atoms with Gasteiger partial charge in [-0.05, 0) is 48.3 Å². The van der Waals surface area contributed by atoms with Crippen molar-refractivity contribution in [1.29, 1.82) is 0 Å². The van der Waals surface area contributed by atoms with Crippen LogP contribution in [-0.4, -0.2) is 17.0 Å². The molecule has 0 unspecified atom stereocenters. The van der Waals surface area contributed by atoms with E-state index in [2.05, 4.69) is 19.2 Å². The van der Waals surface area contributed by atoms with Gasteiger partial charge in [0.05, 0.1) is 11.8 Å². The number of allylic oxidation sites excluding steroid dienone is 2. The van der Waals surface area contributed by atoms with E-state index in [1.165, 1.54) is 5.56 Å². The molecule has 1 saturated carbocycles. The first kappa shape index (κ1) is 15.8. The van der Waals surface area contributed by atoms with E-state index in [9.17, 15) is 14.7 Å². The van der Waals surface area contributed by atoms with Crippen LogP contribution in [0.2, 0.25) is 0 Å². The number of nitrogens with one attached hydrogen (secondary N) is 1. The van der Waals surface area contributed by atoms with Gasteiger partial charge < -0.3 is 10.4 Å². The molecule has 3 aliphatic carbocycles. The molecule has 23 heavy (non-hydrogen) atoms. The number of carbonyl (C=O) groups excluding carboxylic acids is 1. The minimum absolute atomic E-state index is 0.0171. The van der Waals surface area contributed by atoms with Crippen LogP contribution in [-0.2, 0) is 9.59 Å². The van der Waals surface area contributed by atoms with E-state index in [4.69, 9.17) is 0 Å². The van der Waals surface area contributed by atoms with Crippen LogP contribution in [0.1, 0.15) is 38.2 Å². The fraction of sp³-hybridized carbons (Fsp3) is 0.474. The zero-order valence-corrected chi connectivity index (χ0v) is 13.5. The molecule has 4 nitrogen and oxygen atoms in total. The molecule has 3 aliphatic rings. The molecule has 1 aromatic rings. The second-order valence-corrected chi connectivity index (χ2v) is 6.95. The number of carbonyl (C=O) groups is 2. The fourth-order valence-corrected chi connectivity index (χ4v) is 3.87. The van der Waals surface area contributed by atoms with Crippen LogP contribution < -0.4 is 5.32 Å². The van der Waals surface area contributed by atoms with Crippen molar-refractivity contribution in [1.82, 2.24) is 0 Å². The second kappa shape index (κ2) is 6.19. The molecular weight excluding hydrogens is 290 g/mol. The van der Waals surface area contributed by atoms with Crippen molar-refractivity contribution < 1.29 is 14.7 Å². The molecule has 4 rings (SSSR count). The quantitative estimate of drug-likeness (QED) is 0.834. The maximum atomic E-state index is 12.7. The van der Waals surface area contributed by atoms with E-state index in [0.29, 0.717) is 5.92 Å². The zero-order valence-electron chi connectivity index (χ0n) is 13.5. The molecule has 1 fully saturated rings. The van der Waals surface area contributed by atoms with Gasteiger partial charge in [-0.2, -0.15) is 0 Å². The van der Waals surface area contributed by atoms with Crippen molar-refractivity contribution in [3.8, 4) is 0 Å². The summed E-state index contributed by atoms with van der Waals surface area (Å²) in [5, 5.41) is 12.4. The third-order valence-corrected chi connectivity index (χ3v) is 5.18. The Morgan fingerprint density at radius 2 is 1.61 bits per heavy atom. The monoisotopic (exact) mass is 313 g/mol. The third kappa shape index (κ3) is 3.03. The molecule has 0 aliphatic heterocycles. The number of fused-ring (bicyclic) bond motifs is 2. The van der Waals surface area contributed by atoms with Gasteiger partial charge >= 0.3 is 5.97 Å². The van der Waals surface area contributed by atoms with Crippen LogP contribution in [0.15, 0.2) is 36.4 Å². The van der Waals surface area contributed by atoms with E-state index in [1.54, 1.807) is 0 Å². The molecule has 1 amide bonds. The minimum Gasteiger partial charge on any atom is -0.481 e. The minimum atomic E-state index is -0.862. The maximum absolute atomic E-state index is 12.7. The van der Waals surface area contributed by atoms with Crippen molar-refractivity contribution in [2.24, 2.45) is 23.7 Å². The van der Waals surface area contributed by atoms with Crippen LogP contribution in [0.25, 0.3) is 0 Å². The Labute approximate surface area is 136 Å².